The molecule has 4 rings (SSSR count). The second-order valence-electron chi connectivity index (χ2n) is 6.08. The summed E-state index contributed by atoms with van der Waals surface area (Å²) in [5.41, 5.74) is 2.19. The third-order valence-electron chi connectivity index (χ3n) is 4.29. The van der Waals surface area contributed by atoms with Crippen LogP contribution in [-0.2, 0) is 0 Å². The van der Waals surface area contributed by atoms with Gasteiger partial charge in [-0.25, -0.2) is 4.79 Å². The van der Waals surface area contributed by atoms with E-state index < -0.39 is 5.97 Å². The number of nitrogens with zero attached hydrogens (tertiary/aromatic N) is 1. The smallest absolute Gasteiger partial charge is 0.343 e. The van der Waals surface area contributed by atoms with Crippen LogP contribution in [-0.4, -0.2) is 5.97 Å². The number of ether oxygens (including phenoxy) is 1. The van der Waals surface area contributed by atoms with Gasteiger partial charge < -0.3 is 9.15 Å². The van der Waals surface area contributed by atoms with Gasteiger partial charge in [0, 0.05) is 6.07 Å². The van der Waals surface area contributed by atoms with Crippen molar-refractivity contribution in [1.82, 2.24) is 0 Å². The fraction of sp³-hybridized carbons (Fsp3) is 0. The number of carbonyl (C=O) groups is 1. The zero-order valence-electron chi connectivity index (χ0n) is 14.6. The van der Waals surface area contributed by atoms with E-state index in [4.69, 9.17) is 14.4 Å². The van der Waals surface area contributed by atoms with Gasteiger partial charge in [0.2, 0.25) is 0 Å². The highest BCUT2D eigenvalue weighted by Crippen LogP contribution is 2.23. The van der Waals surface area contributed by atoms with Gasteiger partial charge in [-0.1, -0.05) is 30.3 Å². The number of hydrogen-bond acceptors (Lipinski definition) is 5. The second-order valence-corrected chi connectivity index (χ2v) is 6.08. The Morgan fingerprint density at radius 1 is 0.964 bits per heavy atom. The second kappa shape index (κ2) is 7.22. The van der Waals surface area contributed by atoms with Crippen LogP contribution in [0.15, 0.2) is 88.3 Å². The van der Waals surface area contributed by atoms with Crippen molar-refractivity contribution in [3.05, 3.63) is 100 Å². The first-order chi connectivity index (χ1) is 13.7. The first kappa shape index (κ1) is 17.3. The summed E-state index contributed by atoms with van der Waals surface area (Å²) in [6.07, 6.45) is 1.41. The van der Waals surface area contributed by atoms with Crippen molar-refractivity contribution in [2.75, 3.05) is 0 Å². The van der Waals surface area contributed by atoms with Crippen molar-refractivity contribution >= 4 is 16.9 Å². The lowest BCUT2D eigenvalue weighted by molar-refractivity contribution is 0.0735. The molecule has 0 radical (unpaired) electrons. The molecular weight excluding hydrogens is 354 g/mol. The summed E-state index contributed by atoms with van der Waals surface area (Å²) in [5.74, 6) is -0.301. The highest BCUT2D eigenvalue weighted by atomic mass is 16.5. The van der Waals surface area contributed by atoms with E-state index in [-0.39, 0.29) is 11.2 Å². The molecule has 1 aromatic heterocycles. The minimum Gasteiger partial charge on any atom is -0.463 e. The molecule has 0 saturated heterocycles. The maximum Gasteiger partial charge on any atom is 0.343 e. The van der Waals surface area contributed by atoms with Gasteiger partial charge in [-0.3, -0.25) is 4.79 Å². The first-order valence-electron chi connectivity index (χ1n) is 8.49. The molecule has 134 valence electrons. The minimum atomic E-state index is -0.563. The molecular formula is C23H13NO4. The zero-order chi connectivity index (χ0) is 19.5. The third-order valence-corrected chi connectivity index (χ3v) is 4.29. The Labute approximate surface area is 160 Å². The lowest BCUT2D eigenvalue weighted by Crippen LogP contribution is -2.09. The van der Waals surface area contributed by atoms with Gasteiger partial charge in [0.05, 0.1) is 28.1 Å². The van der Waals surface area contributed by atoms with Crippen LogP contribution in [0.25, 0.3) is 22.1 Å². The average Bonchev–Trinajstić information content (AvgIpc) is 2.74. The molecule has 0 amide bonds. The first-order valence-corrected chi connectivity index (χ1v) is 8.49. The summed E-state index contributed by atoms with van der Waals surface area (Å²) in [6, 6.07) is 22.0. The number of hydrogen-bond donors (Lipinski definition) is 0. The Morgan fingerprint density at radius 3 is 2.43 bits per heavy atom. The van der Waals surface area contributed by atoms with E-state index >= 15 is 0 Å². The summed E-state index contributed by atoms with van der Waals surface area (Å²) in [5, 5.41) is 9.22. The zero-order valence-corrected chi connectivity index (χ0v) is 14.6. The van der Waals surface area contributed by atoms with E-state index in [1.807, 2.05) is 36.4 Å². The molecule has 4 aromatic rings. The van der Waals surface area contributed by atoms with E-state index in [0.29, 0.717) is 27.7 Å². The number of nitriles is 1. The molecule has 0 fully saturated rings. The molecule has 28 heavy (non-hydrogen) atoms. The Kier molecular flexibility index (Phi) is 4.45. The summed E-state index contributed by atoms with van der Waals surface area (Å²) in [7, 11) is 0. The third kappa shape index (κ3) is 3.27. The van der Waals surface area contributed by atoms with Crippen molar-refractivity contribution in [3.8, 4) is 22.9 Å². The molecule has 0 saturated carbocycles. The molecule has 0 bridgehead atoms. The van der Waals surface area contributed by atoms with E-state index in [2.05, 4.69) is 0 Å². The van der Waals surface area contributed by atoms with Gasteiger partial charge in [0.1, 0.15) is 17.6 Å². The van der Waals surface area contributed by atoms with E-state index in [1.54, 1.807) is 24.3 Å². The lowest BCUT2D eigenvalue weighted by atomic mass is 10.1. The Hall–Kier alpha value is -4.17. The number of esters is 1. The summed E-state index contributed by atoms with van der Waals surface area (Å²) < 4.78 is 11.0. The van der Waals surface area contributed by atoms with Crippen LogP contribution in [0.4, 0.5) is 0 Å². The minimum absolute atomic E-state index is 0.155. The van der Waals surface area contributed by atoms with Crippen LogP contribution in [0.5, 0.6) is 5.75 Å². The maximum atomic E-state index is 12.8. The molecule has 1 heterocycles. The molecule has 0 spiro atoms. The van der Waals surface area contributed by atoms with Crippen LogP contribution in [0.2, 0.25) is 0 Å². The molecule has 5 heteroatoms. The normalized spacial score (nSPS) is 10.4. The molecule has 0 N–H and O–H groups in total. The average molecular weight is 367 g/mol. The van der Waals surface area contributed by atoms with Crippen molar-refractivity contribution in [2.24, 2.45) is 0 Å². The predicted molar refractivity (Wildman–Crippen MR) is 104 cm³/mol. The van der Waals surface area contributed by atoms with Crippen LogP contribution >= 0.6 is 0 Å². The van der Waals surface area contributed by atoms with Crippen molar-refractivity contribution in [3.63, 3.8) is 0 Å². The van der Waals surface area contributed by atoms with Crippen LogP contribution < -0.4 is 10.2 Å². The fourth-order valence-electron chi connectivity index (χ4n) is 2.84. The van der Waals surface area contributed by atoms with E-state index in [1.165, 1.54) is 24.5 Å². The van der Waals surface area contributed by atoms with Crippen LogP contribution in [0.1, 0.15) is 15.9 Å². The Balaban J connectivity index is 1.64. The maximum absolute atomic E-state index is 12.8. The predicted octanol–water partition coefficient (Wildman–Crippen LogP) is 4.55. The van der Waals surface area contributed by atoms with E-state index in [9.17, 15) is 9.59 Å². The quantitative estimate of drug-likeness (QED) is 0.392. The molecule has 0 aliphatic rings. The highest BCUT2D eigenvalue weighted by molar-refractivity contribution is 5.92. The standard InChI is InChI=1S/C23H13NO4/c24-13-15-6-8-17(9-7-15)23(26)28-18-10-11-19-21(12-18)27-14-20(22(19)25)16-4-2-1-3-5-16/h1-12,14H. The Morgan fingerprint density at radius 2 is 1.71 bits per heavy atom. The summed E-state index contributed by atoms with van der Waals surface area (Å²) in [6.45, 7) is 0. The largest absolute Gasteiger partial charge is 0.463 e. The lowest BCUT2D eigenvalue weighted by Gasteiger charge is -2.06. The highest BCUT2D eigenvalue weighted by Gasteiger charge is 2.12. The van der Waals surface area contributed by atoms with E-state index in [0.717, 1.165) is 5.56 Å². The van der Waals surface area contributed by atoms with Gasteiger partial charge in [-0.05, 0) is 42.0 Å². The molecule has 0 aliphatic carbocycles. The summed E-state index contributed by atoms with van der Waals surface area (Å²) >= 11 is 0. The molecule has 0 atom stereocenters. The van der Waals surface area contributed by atoms with Crippen LogP contribution in [0.3, 0.4) is 0 Å². The van der Waals surface area contributed by atoms with Crippen LogP contribution in [0, 0.1) is 11.3 Å². The monoisotopic (exact) mass is 367 g/mol. The number of fused-ring (bicyclic) bond motifs is 1. The van der Waals surface area contributed by atoms with Crippen molar-refractivity contribution in [1.29, 1.82) is 5.26 Å². The number of benzene rings is 3. The fourth-order valence-corrected chi connectivity index (χ4v) is 2.84. The summed E-state index contributed by atoms with van der Waals surface area (Å²) in [4.78, 5) is 25.0. The van der Waals surface area contributed by atoms with Crippen molar-refractivity contribution < 1.29 is 13.9 Å². The Bertz CT molecular complexity index is 1270. The topological polar surface area (TPSA) is 80.3 Å². The van der Waals surface area contributed by atoms with Gasteiger partial charge in [0.15, 0.2) is 5.43 Å². The van der Waals surface area contributed by atoms with Crippen molar-refractivity contribution in [2.45, 2.75) is 0 Å². The number of carbonyl (C=O) groups excluding carboxylic acids is 1. The molecule has 0 unspecified atom stereocenters. The SMILES string of the molecule is N#Cc1ccc(C(=O)Oc2ccc3c(=O)c(-c4ccccc4)coc3c2)cc1. The number of rotatable bonds is 3. The molecule has 3 aromatic carbocycles. The van der Waals surface area contributed by atoms with Gasteiger partial charge in [-0.15, -0.1) is 0 Å². The molecule has 0 aliphatic heterocycles. The van der Waals surface area contributed by atoms with Gasteiger partial charge in [0.25, 0.3) is 0 Å². The molecule has 5 nitrogen and oxygen atoms in total. The van der Waals surface area contributed by atoms with Gasteiger partial charge in [-0.2, -0.15) is 5.26 Å². The van der Waals surface area contributed by atoms with Gasteiger partial charge >= 0.3 is 5.97 Å².